The van der Waals surface area contributed by atoms with E-state index in [1.54, 1.807) is 50.6 Å². The van der Waals surface area contributed by atoms with E-state index >= 15 is 0 Å². The number of aryl methyl sites for hydroxylation is 1. The molecule has 0 saturated carbocycles. The topological polar surface area (TPSA) is 86.5 Å². The number of methoxy groups -OCH3 is 2. The van der Waals surface area contributed by atoms with Crippen molar-refractivity contribution >= 4 is 23.2 Å². The maximum absolute atomic E-state index is 12.0. The van der Waals surface area contributed by atoms with Gasteiger partial charge >= 0.3 is 0 Å². The highest BCUT2D eigenvalue weighted by molar-refractivity contribution is 6.30. The van der Waals surface area contributed by atoms with Gasteiger partial charge in [-0.3, -0.25) is 4.79 Å². The van der Waals surface area contributed by atoms with Crippen molar-refractivity contribution in [2.45, 2.75) is 19.3 Å². The zero-order chi connectivity index (χ0) is 19.9. The van der Waals surface area contributed by atoms with Crippen LogP contribution < -0.4 is 14.8 Å². The van der Waals surface area contributed by atoms with Crippen molar-refractivity contribution in [3.8, 4) is 22.9 Å². The fourth-order valence-electron chi connectivity index (χ4n) is 2.64. The third kappa shape index (κ3) is 5.01. The molecule has 3 rings (SSSR count). The summed E-state index contributed by atoms with van der Waals surface area (Å²) in [7, 11) is 3.14. The Hall–Kier alpha value is -3.06. The number of aromatic nitrogens is 2. The standard InChI is InChI=1S/C20H20ClN3O4/c1-26-16-10-9-13(11-17(16)27-2)20-23-19(28-24-20)8-4-7-18(25)22-15-6-3-5-14(21)12-15/h3,5-6,9-12H,4,7-8H2,1-2H3,(H,22,25). The summed E-state index contributed by atoms with van der Waals surface area (Å²) >= 11 is 5.91. The molecule has 8 heteroatoms. The molecule has 1 N–H and O–H groups in total. The Balaban J connectivity index is 1.54. The minimum Gasteiger partial charge on any atom is -0.493 e. The predicted octanol–water partition coefficient (Wildman–Crippen LogP) is 4.37. The number of nitrogens with zero attached hydrogens (tertiary/aromatic N) is 2. The zero-order valence-electron chi connectivity index (χ0n) is 15.6. The van der Waals surface area contributed by atoms with Gasteiger partial charge in [0, 0.05) is 29.1 Å². The van der Waals surface area contributed by atoms with Crippen LogP contribution in [-0.2, 0) is 11.2 Å². The van der Waals surface area contributed by atoms with Gasteiger partial charge in [0.15, 0.2) is 11.5 Å². The van der Waals surface area contributed by atoms with Gasteiger partial charge in [-0.05, 0) is 42.8 Å². The largest absolute Gasteiger partial charge is 0.493 e. The van der Waals surface area contributed by atoms with E-state index in [1.807, 2.05) is 6.07 Å². The number of ether oxygens (including phenoxy) is 2. The van der Waals surface area contributed by atoms with Gasteiger partial charge < -0.3 is 19.3 Å². The molecule has 0 aliphatic heterocycles. The van der Waals surface area contributed by atoms with E-state index in [0.717, 1.165) is 5.56 Å². The lowest BCUT2D eigenvalue weighted by Crippen LogP contribution is -2.11. The molecule has 3 aromatic rings. The second-order valence-electron chi connectivity index (χ2n) is 5.99. The van der Waals surface area contributed by atoms with Crippen molar-refractivity contribution in [2.75, 3.05) is 19.5 Å². The van der Waals surface area contributed by atoms with E-state index in [4.69, 9.17) is 25.6 Å². The smallest absolute Gasteiger partial charge is 0.226 e. The maximum Gasteiger partial charge on any atom is 0.226 e. The van der Waals surface area contributed by atoms with Crippen LogP contribution in [0.1, 0.15) is 18.7 Å². The number of nitrogens with one attached hydrogen (secondary N) is 1. The third-order valence-electron chi connectivity index (χ3n) is 4.01. The van der Waals surface area contributed by atoms with Gasteiger partial charge in [0.05, 0.1) is 14.2 Å². The van der Waals surface area contributed by atoms with Gasteiger partial charge in [-0.15, -0.1) is 0 Å². The van der Waals surface area contributed by atoms with Crippen molar-refractivity contribution in [1.29, 1.82) is 0 Å². The molecule has 1 aromatic heterocycles. The molecule has 0 unspecified atom stereocenters. The van der Waals surface area contributed by atoms with E-state index < -0.39 is 0 Å². The fraction of sp³-hybridized carbons (Fsp3) is 0.250. The number of anilines is 1. The van der Waals surface area contributed by atoms with Gasteiger partial charge in [-0.2, -0.15) is 4.98 Å². The highest BCUT2D eigenvalue weighted by Gasteiger charge is 2.12. The molecule has 0 bridgehead atoms. The molecule has 0 spiro atoms. The lowest BCUT2D eigenvalue weighted by Gasteiger charge is -2.07. The number of amides is 1. The Morgan fingerprint density at radius 3 is 2.71 bits per heavy atom. The molecule has 0 fully saturated rings. The molecular weight excluding hydrogens is 382 g/mol. The Bertz CT molecular complexity index is 958. The summed E-state index contributed by atoms with van der Waals surface area (Å²) in [6.07, 6.45) is 1.42. The maximum atomic E-state index is 12.0. The normalized spacial score (nSPS) is 10.5. The van der Waals surface area contributed by atoms with Crippen LogP contribution in [0, 0.1) is 0 Å². The molecule has 0 saturated heterocycles. The Morgan fingerprint density at radius 2 is 1.96 bits per heavy atom. The second kappa shape index (κ2) is 9.23. The molecule has 0 radical (unpaired) electrons. The summed E-state index contributed by atoms with van der Waals surface area (Å²) in [6, 6.07) is 12.4. The highest BCUT2D eigenvalue weighted by Crippen LogP contribution is 2.31. The SMILES string of the molecule is COc1ccc(-c2noc(CCCC(=O)Nc3cccc(Cl)c3)n2)cc1OC. The molecule has 28 heavy (non-hydrogen) atoms. The monoisotopic (exact) mass is 401 g/mol. The molecule has 1 heterocycles. The van der Waals surface area contributed by atoms with Crippen LogP contribution in [0.5, 0.6) is 11.5 Å². The third-order valence-corrected chi connectivity index (χ3v) is 4.25. The summed E-state index contributed by atoms with van der Waals surface area (Å²) < 4.78 is 15.8. The van der Waals surface area contributed by atoms with E-state index in [0.29, 0.717) is 53.2 Å². The zero-order valence-corrected chi connectivity index (χ0v) is 16.3. The van der Waals surface area contributed by atoms with E-state index in [9.17, 15) is 4.79 Å². The predicted molar refractivity (Wildman–Crippen MR) is 106 cm³/mol. The average molecular weight is 402 g/mol. The Labute approximate surface area is 167 Å². The lowest BCUT2D eigenvalue weighted by atomic mass is 10.2. The van der Waals surface area contributed by atoms with Gasteiger partial charge in [0.25, 0.3) is 0 Å². The summed E-state index contributed by atoms with van der Waals surface area (Å²) in [5.41, 5.74) is 1.43. The van der Waals surface area contributed by atoms with Gasteiger partial charge in [0.1, 0.15) is 0 Å². The van der Waals surface area contributed by atoms with Gasteiger partial charge in [0.2, 0.25) is 17.6 Å². The van der Waals surface area contributed by atoms with E-state index in [-0.39, 0.29) is 5.91 Å². The van der Waals surface area contributed by atoms with Gasteiger partial charge in [-0.1, -0.05) is 22.8 Å². The summed E-state index contributed by atoms with van der Waals surface area (Å²) in [6.45, 7) is 0. The number of hydrogen-bond acceptors (Lipinski definition) is 6. The molecule has 2 aromatic carbocycles. The molecule has 0 aliphatic rings. The van der Waals surface area contributed by atoms with E-state index in [2.05, 4.69) is 15.5 Å². The van der Waals surface area contributed by atoms with Crippen LogP contribution in [0.3, 0.4) is 0 Å². The van der Waals surface area contributed by atoms with Crippen LogP contribution in [0.2, 0.25) is 5.02 Å². The van der Waals surface area contributed by atoms with Gasteiger partial charge in [-0.25, -0.2) is 0 Å². The number of halogens is 1. The van der Waals surface area contributed by atoms with Crippen LogP contribution in [0.4, 0.5) is 5.69 Å². The summed E-state index contributed by atoms with van der Waals surface area (Å²) in [4.78, 5) is 16.4. The van der Waals surface area contributed by atoms with E-state index in [1.165, 1.54) is 0 Å². The number of rotatable bonds is 8. The molecule has 0 aliphatic carbocycles. The molecule has 7 nitrogen and oxygen atoms in total. The quantitative estimate of drug-likeness (QED) is 0.603. The van der Waals surface area contributed by atoms with Crippen molar-refractivity contribution in [2.24, 2.45) is 0 Å². The minimum atomic E-state index is -0.0955. The van der Waals surface area contributed by atoms with Crippen molar-refractivity contribution < 1.29 is 18.8 Å². The number of hydrogen-bond donors (Lipinski definition) is 1. The Morgan fingerprint density at radius 1 is 1.14 bits per heavy atom. The lowest BCUT2D eigenvalue weighted by molar-refractivity contribution is -0.116. The van der Waals surface area contributed by atoms with Crippen LogP contribution in [0.15, 0.2) is 47.0 Å². The fourth-order valence-corrected chi connectivity index (χ4v) is 2.83. The highest BCUT2D eigenvalue weighted by atomic mass is 35.5. The first kappa shape index (κ1) is 19.7. The molecule has 0 atom stereocenters. The van der Waals surface area contributed by atoms with Crippen molar-refractivity contribution in [3.05, 3.63) is 53.4 Å². The first-order valence-electron chi connectivity index (χ1n) is 8.69. The van der Waals surface area contributed by atoms with Crippen LogP contribution in [0.25, 0.3) is 11.4 Å². The van der Waals surface area contributed by atoms with Crippen LogP contribution >= 0.6 is 11.6 Å². The Kier molecular flexibility index (Phi) is 6.49. The molecule has 1 amide bonds. The molecular formula is C20H20ClN3O4. The first-order valence-corrected chi connectivity index (χ1v) is 9.07. The van der Waals surface area contributed by atoms with Crippen molar-refractivity contribution in [3.63, 3.8) is 0 Å². The second-order valence-corrected chi connectivity index (χ2v) is 6.43. The first-order chi connectivity index (χ1) is 13.6. The average Bonchev–Trinajstić information content (AvgIpc) is 3.16. The summed E-state index contributed by atoms with van der Waals surface area (Å²) in [5, 5.41) is 7.38. The summed E-state index contributed by atoms with van der Waals surface area (Å²) in [5.74, 6) is 2.05. The number of carbonyl (C=O) groups is 1. The molecule has 146 valence electrons. The number of benzene rings is 2. The van der Waals surface area contributed by atoms with Crippen molar-refractivity contribution in [1.82, 2.24) is 10.1 Å². The number of carbonyl (C=O) groups excluding carboxylic acids is 1. The van der Waals surface area contributed by atoms with Crippen LogP contribution in [-0.4, -0.2) is 30.3 Å². The minimum absolute atomic E-state index is 0.0955.